The summed E-state index contributed by atoms with van der Waals surface area (Å²) in [6.07, 6.45) is 0. The number of aliphatic carboxylic acids is 1. The van der Waals surface area contributed by atoms with Crippen LogP contribution >= 0.6 is 12.4 Å². The number of halogens is 1. The zero-order valence-electron chi connectivity index (χ0n) is 4.26. The average Bonchev–Trinajstić information content (AvgIpc) is 1.23. The summed E-state index contributed by atoms with van der Waals surface area (Å²) in [7, 11) is 0. The SMILES string of the molecule is Cl.O=C(O)C1CNC1. The molecule has 1 heterocycles. The first kappa shape index (κ1) is 7.72. The Labute approximate surface area is 53.5 Å². The van der Waals surface area contributed by atoms with Crippen LogP contribution in [0, 0.1) is 5.92 Å². The second-order valence-electron chi connectivity index (χ2n) is 1.69. The smallest absolute Gasteiger partial charge is 0.309 e. The predicted molar refractivity (Wildman–Crippen MR) is 31.2 cm³/mol. The summed E-state index contributed by atoms with van der Waals surface area (Å²) in [4.78, 5) is 9.94. The second-order valence-corrected chi connectivity index (χ2v) is 1.69. The highest BCUT2D eigenvalue weighted by Gasteiger charge is 2.23. The summed E-state index contributed by atoms with van der Waals surface area (Å²) in [5.74, 6) is -0.793. The van der Waals surface area contributed by atoms with Crippen molar-refractivity contribution in [3.05, 3.63) is 0 Å². The predicted octanol–water partition coefficient (Wildman–Crippen LogP) is -0.288. The van der Waals surface area contributed by atoms with E-state index in [1.54, 1.807) is 0 Å². The molecule has 0 aromatic heterocycles. The largest absolute Gasteiger partial charge is 0.481 e. The van der Waals surface area contributed by atoms with Crippen LogP contribution in [-0.4, -0.2) is 24.2 Å². The molecule has 1 fully saturated rings. The summed E-state index contributed by atoms with van der Waals surface area (Å²) in [6, 6.07) is 0. The number of rotatable bonds is 1. The highest BCUT2D eigenvalue weighted by molar-refractivity contribution is 5.85. The summed E-state index contributed by atoms with van der Waals surface area (Å²) < 4.78 is 0. The van der Waals surface area contributed by atoms with E-state index in [0.717, 1.165) is 0 Å². The minimum Gasteiger partial charge on any atom is -0.481 e. The fraction of sp³-hybridized carbons (Fsp3) is 0.750. The van der Waals surface area contributed by atoms with Crippen molar-refractivity contribution in [2.75, 3.05) is 13.1 Å². The molecular formula is C4H8ClNO2. The van der Waals surface area contributed by atoms with Crippen molar-refractivity contribution in [1.29, 1.82) is 0 Å². The highest BCUT2D eigenvalue weighted by Crippen LogP contribution is 2.00. The van der Waals surface area contributed by atoms with Gasteiger partial charge in [-0.15, -0.1) is 12.4 Å². The molecule has 0 aliphatic carbocycles. The molecule has 1 aliphatic heterocycles. The van der Waals surface area contributed by atoms with Crippen LogP contribution in [0.5, 0.6) is 0 Å². The van der Waals surface area contributed by atoms with Crippen LogP contribution in [0.1, 0.15) is 0 Å². The Morgan fingerprint density at radius 1 is 1.62 bits per heavy atom. The van der Waals surface area contributed by atoms with Crippen LogP contribution in [0.4, 0.5) is 0 Å². The molecule has 0 atom stereocenters. The molecule has 0 radical (unpaired) electrons. The van der Waals surface area contributed by atoms with Gasteiger partial charge in [-0.1, -0.05) is 0 Å². The van der Waals surface area contributed by atoms with Crippen molar-refractivity contribution in [3.63, 3.8) is 0 Å². The van der Waals surface area contributed by atoms with Gasteiger partial charge in [0.1, 0.15) is 0 Å². The van der Waals surface area contributed by atoms with Gasteiger partial charge in [0.2, 0.25) is 0 Å². The molecule has 1 saturated heterocycles. The lowest BCUT2D eigenvalue weighted by Gasteiger charge is -2.21. The van der Waals surface area contributed by atoms with Crippen LogP contribution in [-0.2, 0) is 4.79 Å². The molecule has 4 heteroatoms. The van der Waals surface area contributed by atoms with Crippen molar-refractivity contribution in [1.82, 2.24) is 5.32 Å². The minimum atomic E-state index is -0.682. The lowest BCUT2D eigenvalue weighted by Crippen LogP contribution is -2.46. The molecule has 1 aliphatic rings. The Bertz CT molecular complexity index is 92.0. The lowest BCUT2D eigenvalue weighted by molar-refractivity contribution is -0.143. The van der Waals surface area contributed by atoms with Gasteiger partial charge in [0.15, 0.2) is 0 Å². The number of carboxylic acid groups (broad SMARTS) is 1. The molecular weight excluding hydrogens is 130 g/mol. The lowest BCUT2D eigenvalue weighted by atomic mass is 10.1. The van der Waals surface area contributed by atoms with E-state index in [4.69, 9.17) is 5.11 Å². The van der Waals surface area contributed by atoms with Gasteiger partial charge < -0.3 is 10.4 Å². The van der Waals surface area contributed by atoms with Crippen molar-refractivity contribution < 1.29 is 9.90 Å². The Balaban J connectivity index is 0.000000490. The van der Waals surface area contributed by atoms with Crippen LogP contribution in [0.3, 0.4) is 0 Å². The van der Waals surface area contributed by atoms with E-state index in [2.05, 4.69) is 5.32 Å². The van der Waals surface area contributed by atoms with Gasteiger partial charge in [-0.2, -0.15) is 0 Å². The molecule has 0 aromatic rings. The van der Waals surface area contributed by atoms with Gasteiger partial charge in [-0.25, -0.2) is 0 Å². The number of hydrogen-bond donors (Lipinski definition) is 2. The normalized spacial score (nSPS) is 18.5. The van der Waals surface area contributed by atoms with Crippen molar-refractivity contribution in [2.24, 2.45) is 5.92 Å². The summed E-state index contributed by atoms with van der Waals surface area (Å²) in [5.41, 5.74) is 0. The molecule has 0 spiro atoms. The monoisotopic (exact) mass is 137 g/mol. The third-order valence-corrected chi connectivity index (χ3v) is 1.13. The standard InChI is InChI=1S/C4H7NO2.ClH/c6-4(7)3-1-5-2-3;/h3,5H,1-2H2,(H,6,7);1H. The quantitative estimate of drug-likeness (QED) is 0.522. The maximum absolute atomic E-state index is 9.94. The number of carbonyl (C=O) groups is 1. The van der Waals surface area contributed by atoms with Crippen LogP contribution in [0.15, 0.2) is 0 Å². The van der Waals surface area contributed by atoms with E-state index in [9.17, 15) is 4.79 Å². The van der Waals surface area contributed by atoms with E-state index < -0.39 is 5.97 Å². The molecule has 0 saturated carbocycles. The van der Waals surface area contributed by atoms with E-state index in [1.807, 2.05) is 0 Å². The first-order valence-corrected chi connectivity index (χ1v) is 2.24. The van der Waals surface area contributed by atoms with Crippen LogP contribution in [0.25, 0.3) is 0 Å². The molecule has 8 heavy (non-hydrogen) atoms. The van der Waals surface area contributed by atoms with E-state index in [1.165, 1.54) is 0 Å². The highest BCUT2D eigenvalue weighted by atomic mass is 35.5. The van der Waals surface area contributed by atoms with E-state index in [-0.39, 0.29) is 18.3 Å². The molecule has 3 nitrogen and oxygen atoms in total. The fourth-order valence-corrected chi connectivity index (χ4v) is 0.463. The Morgan fingerprint density at radius 2 is 2.12 bits per heavy atom. The van der Waals surface area contributed by atoms with Crippen molar-refractivity contribution in [3.8, 4) is 0 Å². The zero-order chi connectivity index (χ0) is 5.28. The molecule has 0 aromatic carbocycles. The van der Waals surface area contributed by atoms with E-state index >= 15 is 0 Å². The first-order chi connectivity index (χ1) is 3.30. The van der Waals surface area contributed by atoms with Crippen molar-refractivity contribution >= 4 is 18.4 Å². The number of nitrogens with one attached hydrogen (secondary N) is 1. The van der Waals surface area contributed by atoms with Gasteiger partial charge in [0, 0.05) is 13.1 Å². The zero-order valence-corrected chi connectivity index (χ0v) is 5.07. The third kappa shape index (κ3) is 1.35. The molecule has 48 valence electrons. The molecule has 0 bridgehead atoms. The maximum atomic E-state index is 9.94. The van der Waals surface area contributed by atoms with E-state index in [0.29, 0.717) is 13.1 Å². The first-order valence-electron chi connectivity index (χ1n) is 2.24. The van der Waals surface area contributed by atoms with Crippen LogP contribution < -0.4 is 5.32 Å². The molecule has 2 N–H and O–H groups in total. The fourth-order valence-electron chi connectivity index (χ4n) is 0.463. The Hall–Kier alpha value is -0.280. The molecule has 0 unspecified atom stereocenters. The van der Waals surface area contributed by atoms with Crippen molar-refractivity contribution in [2.45, 2.75) is 0 Å². The second kappa shape index (κ2) is 2.89. The number of carboxylic acids is 1. The summed E-state index contributed by atoms with van der Waals surface area (Å²) in [5, 5.41) is 11.1. The van der Waals surface area contributed by atoms with Gasteiger partial charge in [0.25, 0.3) is 0 Å². The van der Waals surface area contributed by atoms with Gasteiger partial charge in [-0.05, 0) is 0 Å². The maximum Gasteiger partial charge on any atom is 0.309 e. The third-order valence-electron chi connectivity index (χ3n) is 1.13. The van der Waals surface area contributed by atoms with Gasteiger partial charge in [-0.3, -0.25) is 4.79 Å². The van der Waals surface area contributed by atoms with Crippen LogP contribution in [0.2, 0.25) is 0 Å². The minimum absolute atomic E-state index is 0. The number of hydrogen-bond acceptors (Lipinski definition) is 2. The van der Waals surface area contributed by atoms with Gasteiger partial charge >= 0.3 is 5.97 Å². The molecule has 0 amide bonds. The summed E-state index contributed by atoms with van der Waals surface area (Å²) in [6.45, 7) is 1.30. The van der Waals surface area contributed by atoms with Gasteiger partial charge in [0.05, 0.1) is 5.92 Å². The Morgan fingerprint density at radius 3 is 2.12 bits per heavy atom. The topological polar surface area (TPSA) is 49.3 Å². The average molecular weight is 138 g/mol. The molecule has 1 rings (SSSR count). The Kier molecular flexibility index (Phi) is 2.79. The summed E-state index contributed by atoms with van der Waals surface area (Å²) >= 11 is 0.